The maximum atomic E-state index is 13.2. The molecule has 0 radical (unpaired) electrons. The summed E-state index contributed by atoms with van der Waals surface area (Å²) in [5.74, 6) is -2.17. The number of carboxylic acids is 1. The monoisotopic (exact) mass is 265 g/mol. The highest BCUT2D eigenvalue weighted by Gasteiger charge is 2.48. The SMILES string of the molecule is Cc1ccc(F)cc1C(=O)NC(C)(C(=O)O)C1CC1. The standard InChI is InChI=1S/C14H16FNO3/c1-8-3-6-10(15)7-11(8)12(17)16-14(2,13(18)19)9-4-5-9/h3,6-7,9H,4-5H2,1-2H3,(H,16,17)(H,18,19). The Morgan fingerprint density at radius 1 is 1.42 bits per heavy atom. The number of carboxylic acid groups (broad SMARTS) is 1. The van der Waals surface area contributed by atoms with E-state index in [0.717, 1.165) is 18.9 Å². The van der Waals surface area contributed by atoms with Crippen LogP contribution in [-0.4, -0.2) is 22.5 Å². The number of hydrogen-bond donors (Lipinski definition) is 2. The van der Waals surface area contributed by atoms with Gasteiger partial charge in [0, 0.05) is 5.56 Å². The van der Waals surface area contributed by atoms with Gasteiger partial charge in [0.05, 0.1) is 0 Å². The number of halogens is 1. The summed E-state index contributed by atoms with van der Waals surface area (Å²) in [7, 11) is 0. The van der Waals surface area contributed by atoms with Crippen molar-refractivity contribution in [3.05, 3.63) is 35.1 Å². The Morgan fingerprint density at radius 2 is 2.05 bits per heavy atom. The Balaban J connectivity index is 2.25. The molecule has 0 spiro atoms. The molecule has 0 bridgehead atoms. The molecule has 4 nitrogen and oxygen atoms in total. The van der Waals surface area contributed by atoms with Crippen LogP contribution in [0.25, 0.3) is 0 Å². The second-order valence-electron chi connectivity index (χ2n) is 5.20. The summed E-state index contributed by atoms with van der Waals surface area (Å²) >= 11 is 0. The zero-order valence-electron chi connectivity index (χ0n) is 10.9. The van der Waals surface area contributed by atoms with Crippen LogP contribution in [0.1, 0.15) is 35.7 Å². The van der Waals surface area contributed by atoms with E-state index in [1.165, 1.54) is 19.1 Å². The van der Waals surface area contributed by atoms with Crippen LogP contribution in [0.5, 0.6) is 0 Å². The largest absolute Gasteiger partial charge is 0.480 e. The Kier molecular flexibility index (Phi) is 3.30. The maximum Gasteiger partial charge on any atom is 0.329 e. The maximum absolute atomic E-state index is 13.2. The van der Waals surface area contributed by atoms with Crippen molar-refractivity contribution in [2.45, 2.75) is 32.2 Å². The third-order valence-electron chi connectivity index (χ3n) is 3.66. The third kappa shape index (κ3) is 2.59. The van der Waals surface area contributed by atoms with Gasteiger partial charge in [0.2, 0.25) is 0 Å². The highest BCUT2D eigenvalue weighted by atomic mass is 19.1. The van der Waals surface area contributed by atoms with Crippen molar-refractivity contribution >= 4 is 11.9 Å². The molecule has 1 aromatic rings. The second-order valence-corrected chi connectivity index (χ2v) is 5.20. The highest BCUT2D eigenvalue weighted by molar-refractivity contribution is 5.99. The van der Waals surface area contributed by atoms with Gasteiger partial charge in [0.15, 0.2) is 0 Å². The first-order valence-electron chi connectivity index (χ1n) is 6.16. The highest BCUT2D eigenvalue weighted by Crippen LogP contribution is 2.39. The van der Waals surface area contributed by atoms with Crippen LogP contribution in [0.4, 0.5) is 4.39 Å². The van der Waals surface area contributed by atoms with Crippen molar-refractivity contribution in [2.75, 3.05) is 0 Å². The first-order valence-corrected chi connectivity index (χ1v) is 6.16. The summed E-state index contributed by atoms with van der Waals surface area (Å²) in [5, 5.41) is 11.8. The zero-order chi connectivity index (χ0) is 14.2. The summed E-state index contributed by atoms with van der Waals surface area (Å²) in [4.78, 5) is 23.5. The first-order chi connectivity index (χ1) is 8.84. The molecule has 1 fully saturated rings. The number of hydrogen-bond acceptors (Lipinski definition) is 2. The molecule has 2 N–H and O–H groups in total. The number of carbonyl (C=O) groups is 2. The molecule has 1 amide bonds. The van der Waals surface area contributed by atoms with Gasteiger partial charge >= 0.3 is 5.97 Å². The minimum Gasteiger partial charge on any atom is -0.480 e. The molecule has 19 heavy (non-hydrogen) atoms. The van der Waals surface area contributed by atoms with Gasteiger partial charge < -0.3 is 10.4 Å². The predicted octanol–water partition coefficient (Wildman–Crippen LogP) is 2.12. The number of rotatable bonds is 4. The topological polar surface area (TPSA) is 66.4 Å². The molecular formula is C14H16FNO3. The molecule has 1 saturated carbocycles. The van der Waals surface area contributed by atoms with Crippen molar-refractivity contribution in [3.63, 3.8) is 0 Å². The van der Waals surface area contributed by atoms with Crippen molar-refractivity contribution < 1.29 is 19.1 Å². The molecule has 1 unspecified atom stereocenters. The van der Waals surface area contributed by atoms with Crippen LogP contribution in [-0.2, 0) is 4.79 Å². The van der Waals surface area contributed by atoms with E-state index in [1.54, 1.807) is 6.92 Å². The van der Waals surface area contributed by atoms with Gasteiger partial charge in [-0.3, -0.25) is 4.79 Å². The quantitative estimate of drug-likeness (QED) is 0.876. The minimum atomic E-state index is -1.28. The lowest BCUT2D eigenvalue weighted by molar-refractivity contribution is -0.144. The van der Waals surface area contributed by atoms with Crippen LogP contribution in [0.2, 0.25) is 0 Å². The van der Waals surface area contributed by atoms with Crippen molar-refractivity contribution in [1.29, 1.82) is 0 Å². The van der Waals surface area contributed by atoms with E-state index in [2.05, 4.69) is 5.32 Å². The summed E-state index contributed by atoms with van der Waals surface area (Å²) in [5.41, 5.74) is -0.494. The fourth-order valence-electron chi connectivity index (χ4n) is 2.13. The van der Waals surface area contributed by atoms with E-state index in [1.807, 2.05) is 0 Å². The smallest absolute Gasteiger partial charge is 0.329 e. The number of carbonyl (C=O) groups excluding carboxylic acids is 1. The fraction of sp³-hybridized carbons (Fsp3) is 0.429. The average molecular weight is 265 g/mol. The molecule has 0 aromatic heterocycles. The molecular weight excluding hydrogens is 249 g/mol. The predicted molar refractivity (Wildman–Crippen MR) is 67.4 cm³/mol. The number of benzene rings is 1. The van der Waals surface area contributed by atoms with E-state index < -0.39 is 23.2 Å². The molecule has 102 valence electrons. The van der Waals surface area contributed by atoms with Crippen LogP contribution >= 0.6 is 0 Å². The van der Waals surface area contributed by atoms with Gasteiger partial charge in [-0.25, -0.2) is 9.18 Å². The normalized spacial score (nSPS) is 17.6. The number of aliphatic carboxylic acids is 1. The van der Waals surface area contributed by atoms with Crippen LogP contribution < -0.4 is 5.32 Å². The Bertz CT molecular complexity index is 539. The summed E-state index contributed by atoms with van der Waals surface area (Å²) in [6.45, 7) is 3.18. The van der Waals surface area contributed by atoms with Gasteiger partial charge in [0.25, 0.3) is 5.91 Å². The van der Waals surface area contributed by atoms with Gasteiger partial charge in [-0.15, -0.1) is 0 Å². The molecule has 1 atom stereocenters. The molecule has 1 aliphatic carbocycles. The molecule has 2 rings (SSSR count). The molecule has 5 heteroatoms. The van der Waals surface area contributed by atoms with Crippen molar-refractivity contribution in [2.24, 2.45) is 5.92 Å². The third-order valence-corrected chi connectivity index (χ3v) is 3.66. The van der Waals surface area contributed by atoms with Crippen molar-refractivity contribution in [1.82, 2.24) is 5.32 Å². The summed E-state index contributed by atoms with van der Waals surface area (Å²) < 4.78 is 13.2. The van der Waals surface area contributed by atoms with E-state index in [-0.39, 0.29) is 11.5 Å². The van der Waals surface area contributed by atoms with E-state index in [9.17, 15) is 19.1 Å². The van der Waals surface area contributed by atoms with E-state index >= 15 is 0 Å². The number of aryl methyl sites for hydroxylation is 1. The van der Waals surface area contributed by atoms with Crippen LogP contribution in [0, 0.1) is 18.7 Å². The Hall–Kier alpha value is -1.91. The second kappa shape index (κ2) is 4.64. The van der Waals surface area contributed by atoms with Crippen molar-refractivity contribution in [3.8, 4) is 0 Å². The lowest BCUT2D eigenvalue weighted by Crippen LogP contribution is -2.54. The first kappa shape index (κ1) is 13.5. The minimum absolute atomic E-state index is 0.0529. The van der Waals surface area contributed by atoms with Gasteiger partial charge in [0.1, 0.15) is 11.4 Å². The lowest BCUT2D eigenvalue weighted by Gasteiger charge is -2.26. The van der Waals surface area contributed by atoms with E-state index in [0.29, 0.717) is 5.56 Å². The fourth-order valence-corrected chi connectivity index (χ4v) is 2.13. The molecule has 1 aromatic carbocycles. The Morgan fingerprint density at radius 3 is 2.58 bits per heavy atom. The Labute approximate surface area is 110 Å². The molecule has 0 heterocycles. The molecule has 0 saturated heterocycles. The van der Waals surface area contributed by atoms with Crippen LogP contribution in [0.15, 0.2) is 18.2 Å². The average Bonchev–Trinajstić information content (AvgIpc) is 3.16. The lowest BCUT2D eigenvalue weighted by atomic mass is 9.95. The van der Waals surface area contributed by atoms with Gasteiger partial charge in [-0.1, -0.05) is 6.07 Å². The van der Waals surface area contributed by atoms with Crippen LogP contribution in [0.3, 0.4) is 0 Å². The summed E-state index contributed by atoms with van der Waals surface area (Å²) in [6, 6.07) is 3.89. The molecule has 1 aliphatic rings. The number of nitrogens with one attached hydrogen (secondary N) is 1. The van der Waals surface area contributed by atoms with E-state index in [4.69, 9.17) is 0 Å². The van der Waals surface area contributed by atoms with Gasteiger partial charge in [-0.05, 0) is 50.3 Å². The number of amides is 1. The summed E-state index contributed by atoms with van der Waals surface area (Å²) in [6.07, 6.45) is 1.57. The van der Waals surface area contributed by atoms with Gasteiger partial charge in [-0.2, -0.15) is 0 Å². The zero-order valence-corrected chi connectivity index (χ0v) is 10.9. The molecule has 0 aliphatic heterocycles.